The van der Waals surface area contributed by atoms with Gasteiger partial charge in [0.25, 0.3) is 0 Å². The summed E-state index contributed by atoms with van der Waals surface area (Å²) in [7, 11) is 0. The third kappa shape index (κ3) is 7.68. The zero-order valence-corrected chi connectivity index (χ0v) is 13.4. The number of alkyl carbamates (subject to hydrolysis) is 1. The van der Waals surface area contributed by atoms with Gasteiger partial charge in [-0.2, -0.15) is 0 Å². The van der Waals surface area contributed by atoms with Crippen molar-refractivity contribution in [3.8, 4) is 0 Å². The molecule has 0 spiro atoms. The zero-order valence-electron chi connectivity index (χ0n) is 13.4. The number of nitrogens with one attached hydrogen (secondary N) is 2. The third-order valence-corrected chi connectivity index (χ3v) is 2.87. The van der Waals surface area contributed by atoms with Crippen molar-refractivity contribution >= 4 is 6.09 Å². The normalized spacial score (nSPS) is 12.8. The molecule has 0 bridgehead atoms. The highest BCUT2D eigenvalue weighted by Gasteiger charge is 2.15. The fraction of sp³-hybridized carbons (Fsp3) is 0.562. The summed E-state index contributed by atoms with van der Waals surface area (Å²) in [6.07, 6.45) is -0.398. The minimum Gasteiger partial charge on any atom is -0.444 e. The van der Waals surface area contributed by atoms with Crippen LogP contribution in [0.15, 0.2) is 24.3 Å². The highest BCUT2D eigenvalue weighted by molar-refractivity contribution is 5.67. The lowest BCUT2D eigenvalue weighted by atomic mass is 10.1. The van der Waals surface area contributed by atoms with Gasteiger partial charge in [0.05, 0.1) is 0 Å². The Morgan fingerprint density at radius 1 is 1.19 bits per heavy atom. The van der Waals surface area contributed by atoms with Gasteiger partial charge in [0.2, 0.25) is 0 Å². The van der Waals surface area contributed by atoms with Crippen LogP contribution in [-0.2, 0) is 17.8 Å². The van der Waals surface area contributed by atoms with Gasteiger partial charge in [-0.05, 0) is 38.8 Å². The summed E-state index contributed by atoms with van der Waals surface area (Å²) in [6, 6.07) is 8.40. The molecule has 1 unspecified atom stereocenters. The van der Waals surface area contributed by atoms with Crippen molar-refractivity contribution in [3.05, 3.63) is 35.4 Å². The number of ether oxygens (including phenoxy) is 1. The van der Waals surface area contributed by atoms with Crippen molar-refractivity contribution < 1.29 is 9.53 Å². The second-order valence-corrected chi connectivity index (χ2v) is 6.19. The molecule has 0 aliphatic rings. The molecule has 0 saturated heterocycles. The number of rotatable bonds is 6. The molecule has 1 amide bonds. The van der Waals surface area contributed by atoms with Crippen molar-refractivity contribution in [2.24, 2.45) is 5.73 Å². The number of nitrogens with two attached hydrogens (primary N) is 1. The number of carbonyl (C=O) groups excluding carboxylic acids is 1. The lowest BCUT2D eigenvalue weighted by molar-refractivity contribution is 0.0523. The second-order valence-electron chi connectivity index (χ2n) is 6.19. The summed E-state index contributed by atoms with van der Waals surface area (Å²) in [6.45, 7) is 9.46. The van der Waals surface area contributed by atoms with Gasteiger partial charge < -0.3 is 21.1 Å². The SMILES string of the molecule is CC(CN)NCc1ccc(CNC(=O)OC(C)(C)C)cc1. The molecule has 0 heterocycles. The Morgan fingerprint density at radius 3 is 2.19 bits per heavy atom. The predicted molar refractivity (Wildman–Crippen MR) is 84.9 cm³/mol. The molecule has 4 N–H and O–H groups in total. The second kappa shape index (κ2) is 8.00. The molecule has 0 saturated carbocycles. The minimum absolute atomic E-state index is 0.304. The van der Waals surface area contributed by atoms with Gasteiger partial charge in [0, 0.05) is 25.7 Å². The van der Waals surface area contributed by atoms with Gasteiger partial charge in [-0.1, -0.05) is 24.3 Å². The molecule has 1 atom stereocenters. The summed E-state index contributed by atoms with van der Waals surface area (Å²) in [5.74, 6) is 0. The highest BCUT2D eigenvalue weighted by atomic mass is 16.6. The van der Waals surface area contributed by atoms with Crippen molar-refractivity contribution in [2.75, 3.05) is 6.54 Å². The topological polar surface area (TPSA) is 76.4 Å². The van der Waals surface area contributed by atoms with Gasteiger partial charge >= 0.3 is 6.09 Å². The molecule has 5 heteroatoms. The van der Waals surface area contributed by atoms with Crippen LogP contribution in [0.5, 0.6) is 0 Å². The Labute approximate surface area is 127 Å². The van der Waals surface area contributed by atoms with E-state index < -0.39 is 11.7 Å². The van der Waals surface area contributed by atoms with Gasteiger partial charge in [-0.15, -0.1) is 0 Å². The maximum Gasteiger partial charge on any atom is 0.407 e. The molecule has 118 valence electrons. The van der Waals surface area contributed by atoms with Crippen LogP contribution in [0.3, 0.4) is 0 Å². The Morgan fingerprint density at radius 2 is 1.71 bits per heavy atom. The smallest absolute Gasteiger partial charge is 0.407 e. The quantitative estimate of drug-likeness (QED) is 0.751. The molecule has 0 aliphatic heterocycles. The Kier molecular flexibility index (Phi) is 6.65. The van der Waals surface area contributed by atoms with Crippen LogP contribution < -0.4 is 16.4 Å². The molecular weight excluding hydrogens is 266 g/mol. The zero-order chi connectivity index (χ0) is 15.9. The molecular formula is C16H27N3O2. The van der Waals surface area contributed by atoms with Gasteiger partial charge in [0.1, 0.15) is 5.60 Å². The van der Waals surface area contributed by atoms with Crippen LogP contribution in [0.1, 0.15) is 38.8 Å². The van der Waals surface area contributed by atoms with Crippen LogP contribution in [0.2, 0.25) is 0 Å². The van der Waals surface area contributed by atoms with Crippen molar-refractivity contribution in [3.63, 3.8) is 0 Å². The van der Waals surface area contributed by atoms with Gasteiger partial charge in [-0.3, -0.25) is 0 Å². The Bertz CT molecular complexity index is 438. The summed E-state index contributed by atoms with van der Waals surface area (Å²) in [5, 5.41) is 6.07. The molecule has 1 aromatic rings. The molecule has 1 rings (SSSR count). The molecule has 0 radical (unpaired) electrons. The summed E-state index contributed by atoms with van der Waals surface area (Å²) in [4.78, 5) is 11.6. The first kappa shape index (κ1) is 17.5. The van der Waals surface area contributed by atoms with Crippen LogP contribution in [0.25, 0.3) is 0 Å². The molecule has 0 aliphatic carbocycles. The summed E-state index contributed by atoms with van der Waals surface area (Å²) in [5.41, 5.74) is 7.31. The predicted octanol–water partition coefficient (Wildman–Crippen LogP) is 2.15. The van der Waals surface area contributed by atoms with Crippen LogP contribution in [0, 0.1) is 0 Å². The third-order valence-electron chi connectivity index (χ3n) is 2.87. The van der Waals surface area contributed by atoms with E-state index >= 15 is 0 Å². The van der Waals surface area contributed by atoms with E-state index in [-0.39, 0.29) is 0 Å². The lowest BCUT2D eigenvalue weighted by Crippen LogP contribution is -2.32. The average Bonchev–Trinajstić information content (AvgIpc) is 2.41. The van der Waals surface area contributed by atoms with E-state index in [0.717, 1.165) is 12.1 Å². The first-order chi connectivity index (χ1) is 9.80. The first-order valence-electron chi connectivity index (χ1n) is 7.28. The standard InChI is InChI=1S/C16H27N3O2/c1-12(9-17)18-10-13-5-7-14(8-6-13)11-19-15(20)21-16(2,3)4/h5-8,12,18H,9-11,17H2,1-4H3,(H,19,20). The Balaban J connectivity index is 2.39. The van der Waals surface area contributed by atoms with Crippen LogP contribution in [-0.4, -0.2) is 24.3 Å². The fourth-order valence-corrected chi connectivity index (χ4v) is 1.64. The average molecular weight is 293 g/mol. The van der Waals surface area contributed by atoms with E-state index in [0.29, 0.717) is 19.1 Å². The fourth-order valence-electron chi connectivity index (χ4n) is 1.64. The number of hydrogen-bond acceptors (Lipinski definition) is 4. The first-order valence-corrected chi connectivity index (χ1v) is 7.28. The Hall–Kier alpha value is -1.59. The summed E-state index contributed by atoms with van der Waals surface area (Å²) >= 11 is 0. The molecule has 5 nitrogen and oxygen atoms in total. The van der Waals surface area contributed by atoms with Gasteiger partial charge in [-0.25, -0.2) is 4.79 Å². The number of amides is 1. The van der Waals surface area contributed by atoms with Crippen molar-refractivity contribution in [1.29, 1.82) is 0 Å². The van der Waals surface area contributed by atoms with Crippen molar-refractivity contribution in [2.45, 2.75) is 52.4 Å². The van der Waals surface area contributed by atoms with E-state index in [4.69, 9.17) is 10.5 Å². The van der Waals surface area contributed by atoms with Gasteiger partial charge in [0.15, 0.2) is 0 Å². The highest BCUT2D eigenvalue weighted by Crippen LogP contribution is 2.08. The molecule has 21 heavy (non-hydrogen) atoms. The lowest BCUT2D eigenvalue weighted by Gasteiger charge is -2.19. The van der Waals surface area contributed by atoms with Crippen LogP contribution >= 0.6 is 0 Å². The molecule has 0 fully saturated rings. The van der Waals surface area contributed by atoms with E-state index in [1.54, 1.807) is 0 Å². The van der Waals surface area contributed by atoms with E-state index in [2.05, 4.69) is 17.6 Å². The minimum atomic E-state index is -0.473. The number of carbonyl (C=O) groups is 1. The maximum absolute atomic E-state index is 11.6. The maximum atomic E-state index is 11.6. The molecule has 1 aromatic carbocycles. The van der Waals surface area contributed by atoms with Crippen molar-refractivity contribution in [1.82, 2.24) is 10.6 Å². The largest absolute Gasteiger partial charge is 0.444 e. The van der Waals surface area contributed by atoms with E-state index in [1.165, 1.54) is 5.56 Å². The molecule has 0 aromatic heterocycles. The number of benzene rings is 1. The van der Waals surface area contributed by atoms with Crippen LogP contribution in [0.4, 0.5) is 4.79 Å². The van der Waals surface area contributed by atoms with E-state index in [1.807, 2.05) is 45.0 Å². The monoisotopic (exact) mass is 293 g/mol. The summed E-state index contributed by atoms with van der Waals surface area (Å²) < 4.78 is 5.19. The van der Waals surface area contributed by atoms with E-state index in [9.17, 15) is 4.79 Å². The number of hydrogen-bond donors (Lipinski definition) is 3.